The van der Waals surface area contributed by atoms with Crippen molar-refractivity contribution in [1.29, 1.82) is 0 Å². The van der Waals surface area contributed by atoms with Crippen LogP contribution in [0.3, 0.4) is 0 Å². The molecule has 0 unspecified atom stereocenters. The van der Waals surface area contributed by atoms with Gasteiger partial charge in [-0.1, -0.05) is 13.8 Å². The minimum absolute atomic E-state index is 0.0649. The van der Waals surface area contributed by atoms with Crippen molar-refractivity contribution >= 4 is 41.4 Å². The average Bonchev–Trinajstić information content (AvgIpc) is 3.35. The number of amides is 1. The normalized spacial score (nSPS) is 12.7. The Hall–Kier alpha value is -3.62. The van der Waals surface area contributed by atoms with Gasteiger partial charge in [-0.3, -0.25) is 19.5 Å². The number of nitrogens with one attached hydrogen (secondary N) is 2. The van der Waals surface area contributed by atoms with Crippen LogP contribution in [0, 0.1) is 10.1 Å². The maximum absolute atomic E-state index is 14.6. The van der Waals surface area contributed by atoms with Gasteiger partial charge >= 0.3 is 0 Å². The number of anilines is 3. The summed E-state index contributed by atoms with van der Waals surface area (Å²) in [7, 11) is 0.221. The molecule has 0 radical (unpaired) electrons. The summed E-state index contributed by atoms with van der Waals surface area (Å²) in [6.45, 7) is 4.72. The third kappa shape index (κ3) is 5.30. The lowest BCUT2D eigenvalue weighted by atomic mass is 10.2. The lowest BCUT2D eigenvalue weighted by Gasteiger charge is -2.33. The smallest absolute Gasteiger partial charge is 0.291 e. The van der Waals surface area contributed by atoms with E-state index < -0.39 is 18.3 Å². The summed E-state index contributed by atoms with van der Waals surface area (Å²) in [5, 5.41) is 17.4. The molecule has 0 saturated heterocycles. The largest absolute Gasteiger partial charge is 0.459 e. The van der Waals surface area contributed by atoms with E-state index >= 15 is 0 Å². The van der Waals surface area contributed by atoms with Crippen molar-refractivity contribution < 1.29 is 18.7 Å². The van der Waals surface area contributed by atoms with E-state index in [-0.39, 0.29) is 11.4 Å². The van der Waals surface area contributed by atoms with Crippen molar-refractivity contribution in [2.24, 2.45) is 0 Å². The van der Waals surface area contributed by atoms with E-state index in [9.17, 15) is 19.5 Å². The molecule has 180 valence electrons. The van der Waals surface area contributed by atoms with Crippen LogP contribution < -0.4 is 20.6 Å². The number of benzene rings is 2. The van der Waals surface area contributed by atoms with Crippen LogP contribution in [-0.4, -0.2) is 42.7 Å². The van der Waals surface area contributed by atoms with Crippen LogP contribution in [0.15, 0.2) is 65.3 Å². The maximum Gasteiger partial charge on any atom is 0.291 e. The van der Waals surface area contributed by atoms with Crippen molar-refractivity contribution in [3.8, 4) is 0 Å². The van der Waals surface area contributed by atoms with E-state index in [1.807, 2.05) is 38.9 Å². The molecule has 0 saturated carbocycles. The highest BCUT2D eigenvalue weighted by Gasteiger charge is 2.34. The van der Waals surface area contributed by atoms with Gasteiger partial charge in [-0.15, -0.1) is 0 Å². The van der Waals surface area contributed by atoms with Crippen LogP contribution in [0.4, 0.5) is 22.7 Å². The molecule has 11 heteroatoms. The second-order valence-electron chi connectivity index (χ2n) is 7.66. The predicted molar refractivity (Wildman–Crippen MR) is 134 cm³/mol. The molecule has 1 atom stereocenters. The highest BCUT2D eigenvalue weighted by molar-refractivity contribution is 7.71. The number of rotatable bonds is 10. The van der Waals surface area contributed by atoms with Crippen molar-refractivity contribution in [3.63, 3.8) is 0 Å². The van der Waals surface area contributed by atoms with Crippen molar-refractivity contribution in [2.45, 2.75) is 13.8 Å². The zero-order valence-corrected chi connectivity index (χ0v) is 20.4. The first-order chi connectivity index (χ1) is 16.2. The molecule has 1 amide bonds. The Morgan fingerprint density at radius 2 is 1.76 bits per heavy atom. The van der Waals surface area contributed by atoms with Crippen LogP contribution >= 0.6 is 7.44 Å². The first-order valence-electron chi connectivity index (χ1n) is 10.7. The van der Waals surface area contributed by atoms with Crippen LogP contribution in [0.2, 0.25) is 0 Å². The molecular weight excluding hydrogens is 457 g/mol. The number of furan rings is 1. The molecule has 0 bridgehead atoms. The topological polar surface area (TPSA) is 121 Å². The number of nitro groups is 1. The second-order valence-corrected chi connectivity index (χ2v) is 10.1. The summed E-state index contributed by atoms with van der Waals surface area (Å²) >= 11 is 0. The molecule has 0 aliphatic carbocycles. The van der Waals surface area contributed by atoms with E-state index in [4.69, 9.17) is 4.42 Å². The number of hydrogen-bond acceptors (Lipinski definition) is 6. The second kappa shape index (κ2) is 10.5. The van der Waals surface area contributed by atoms with Gasteiger partial charge in [0.15, 0.2) is 5.76 Å². The minimum Gasteiger partial charge on any atom is -0.459 e. The van der Waals surface area contributed by atoms with E-state index in [1.165, 1.54) is 30.5 Å². The lowest BCUT2D eigenvalue weighted by molar-refractivity contribution is -0.384. The van der Waals surface area contributed by atoms with Crippen molar-refractivity contribution in [3.05, 3.63) is 76.7 Å². The Labute approximate surface area is 198 Å². The van der Waals surface area contributed by atoms with E-state index in [1.54, 1.807) is 28.9 Å². The highest BCUT2D eigenvalue weighted by atomic mass is 31.2. The molecule has 3 aromatic rings. The molecule has 34 heavy (non-hydrogen) atoms. The summed E-state index contributed by atoms with van der Waals surface area (Å²) < 4.78 is 21.6. The number of hydrogen-bond donors (Lipinski definition) is 2. The number of carbonyl (C=O) groups excluding carboxylic acids is 1. The Kier molecular flexibility index (Phi) is 7.75. The molecule has 2 aromatic carbocycles. The number of non-ortho nitro benzene ring substituents is 1. The molecule has 1 heterocycles. The molecule has 3 rings (SSSR count). The van der Waals surface area contributed by atoms with Gasteiger partial charge in [-0.2, -0.15) is 0 Å². The van der Waals surface area contributed by atoms with Crippen LogP contribution in [-0.2, 0) is 4.57 Å². The van der Waals surface area contributed by atoms with E-state index in [2.05, 4.69) is 10.4 Å². The van der Waals surface area contributed by atoms with Gasteiger partial charge in [0, 0.05) is 50.7 Å². The summed E-state index contributed by atoms with van der Waals surface area (Å²) in [5.74, 6) is -0.342. The molecule has 0 fully saturated rings. The molecule has 1 aromatic heterocycles. The first kappa shape index (κ1) is 25.0. The first-order valence-corrected chi connectivity index (χ1v) is 12.4. The Bertz CT molecular complexity index is 1190. The van der Waals surface area contributed by atoms with Crippen LogP contribution in [0.1, 0.15) is 24.4 Å². The molecule has 10 nitrogen and oxygen atoms in total. The molecule has 0 aliphatic heterocycles. The number of carbonyl (C=O) groups is 1. The van der Waals surface area contributed by atoms with Crippen molar-refractivity contribution in [2.75, 3.05) is 42.5 Å². The monoisotopic (exact) mass is 485 g/mol. The van der Waals surface area contributed by atoms with Gasteiger partial charge in [0.25, 0.3) is 19.0 Å². The van der Waals surface area contributed by atoms with E-state index in [0.29, 0.717) is 29.8 Å². The third-order valence-corrected chi connectivity index (χ3v) is 8.27. The average molecular weight is 485 g/mol. The predicted octanol–water partition coefficient (Wildman–Crippen LogP) is 4.78. The summed E-state index contributed by atoms with van der Waals surface area (Å²) in [5.41, 5.74) is 1.57. The Morgan fingerprint density at radius 3 is 2.29 bits per heavy atom. The summed E-state index contributed by atoms with van der Waals surface area (Å²) in [6.07, 6.45) is 1.41. The lowest BCUT2D eigenvalue weighted by Crippen LogP contribution is -2.32. The Balaban J connectivity index is 2.11. The fourth-order valence-corrected chi connectivity index (χ4v) is 6.08. The van der Waals surface area contributed by atoms with Gasteiger partial charge in [0.1, 0.15) is 0 Å². The number of nitro benzene ring substituents is 1. The zero-order valence-electron chi connectivity index (χ0n) is 19.5. The Morgan fingerprint density at radius 1 is 1.09 bits per heavy atom. The van der Waals surface area contributed by atoms with Crippen LogP contribution in [0.5, 0.6) is 0 Å². The fourth-order valence-electron chi connectivity index (χ4n) is 3.50. The van der Waals surface area contributed by atoms with Crippen LogP contribution in [0.25, 0.3) is 0 Å². The third-order valence-electron chi connectivity index (χ3n) is 5.30. The van der Waals surface area contributed by atoms with Gasteiger partial charge in [0.2, 0.25) is 0 Å². The van der Waals surface area contributed by atoms with Crippen molar-refractivity contribution in [1.82, 2.24) is 4.67 Å². The number of nitrogens with zero attached hydrogens (tertiary/aromatic N) is 3. The minimum atomic E-state index is -3.51. The summed E-state index contributed by atoms with van der Waals surface area (Å²) in [4.78, 5) is 25.2. The molecule has 0 aliphatic rings. The van der Waals surface area contributed by atoms with Gasteiger partial charge in [0.05, 0.1) is 22.2 Å². The molecule has 2 N–H and O–H groups in total. The molecular formula is C23H28N5O5P. The highest BCUT2D eigenvalue weighted by Crippen LogP contribution is 2.50. The standard InChI is InChI=1S/C23H28N5O5P/c1-5-27(6-2)34(32,25-17-9-11-18(12-10-17)28(30)31)22-14-13-19(26(3)4)16-20(22)24-23(29)21-8-7-15-33-21/h7-16H,5-6H2,1-4H3,(H,24,29)(H,25,32)/t34-/m0/s1. The quantitative estimate of drug-likeness (QED) is 0.239. The maximum atomic E-state index is 14.6. The SMILES string of the molecule is CCN(CC)[P@@](=O)(Nc1ccc([N+](=O)[O-])cc1)c1ccc(N(C)C)cc1NC(=O)c1ccco1. The molecule has 0 spiro atoms. The van der Waals surface area contributed by atoms with E-state index in [0.717, 1.165) is 5.69 Å². The fraction of sp³-hybridized carbons (Fsp3) is 0.261. The van der Waals surface area contributed by atoms with Gasteiger partial charge in [-0.05, 0) is 42.5 Å². The van der Waals surface area contributed by atoms with Gasteiger partial charge in [-0.25, -0.2) is 4.67 Å². The van der Waals surface area contributed by atoms with Gasteiger partial charge < -0.3 is 19.7 Å². The zero-order chi connectivity index (χ0) is 24.9. The summed E-state index contributed by atoms with van der Waals surface area (Å²) in [6, 6.07) is 14.2.